The molecule has 0 N–H and O–H groups in total. The summed E-state index contributed by atoms with van der Waals surface area (Å²) in [7, 11) is -6.01. The summed E-state index contributed by atoms with van der Waals surface area (Å²) in [5, 5.41) is 0. The molecule has 2 aromatic carbocycles. The molecule has 0 aliphatic rings. The molecule has 0 aliphatic heterocycles. The van der Waals surface area contributed by atoms with Crippen LogP contribution in [0.3, 0.4) is 0 Å². The van der Waals surface area contributed by atoms with Gasteiger partial charge in [0.2, 0.25) is 11.5 Å². The molecule has 36 heavy (non-hydrogen) atoms. The fourth-order valence-electron chi connectivity index (χ4n) is 2.64. The van der Waals surface area contributed by atoms with Gasteiger partial charge in [0.25, 0.3) is 0 Å². The van der Waals surface area contributed by atoms with Gasteiger partial charge in [-0.15, -0.1) is 0 Å². The standard InChI is InChI=1S/C18H22O12P2.4Na/c1-25-13-8-7-12(16(29-31(19,20)21)18(13)30-32(22,23)24)6-5-11-9-14(26-2)17(28-4)15(10-11)27-3;;;;/h5-10H,1-4H3,(H2,19,20,21)(H2,22,23,24);;;;/q;4*+1/p-4/b6-5-;;;;. The molecule has 0 saturated carbocycles. The molecule has 2 aromatic rings. The molecule has 0 unspecified atom stereocenters. The zero-order chi connectivity index (χ0) is 24.1. The molecule has 0 amide bonds. The molecule has 0 aromatic heterocycles. The Morgan fingerprint density at radius 2 is 1.06 bits per heavy atom. The van der Waals surface area contributed by atoms with Crippen molar-refractivity contribution in [2.24, 2.45) is 0 Å². The van der Waals surface area contributed by atoms with Gasteiger partial charge < -0.3 is 56.7 Å². The first-order valence-electron chi connectivity index (χ1n) is 8.54. The third-order valence-corrected chi connectivity index (χ3v) is 4.69. The van der Waals surface area contributed by atoms with E-state index in [0.29, 0.717) is 22.8 Å². The maximum Gasteiger partial charge on any atom is 1.00 e. The Hall–Kier alpha value is 1.28. The second-order valence-corrected chi connectivity index (χ2v) is 8.04. The van der Waals surface area contributed by atoms with Crippen molar-refractivity contribution in [1.29, 1.82) is 0 Å². The zero-order valence-corrected chi connectivity index (χ0v) is 31.0. The van der Waals surface area contributed by atoms with E-state index < -0.39 is 27.1 Å². The number of methoxy groups -OCH3 is 4. The van der Waals surface area contributed by atoms with Crippen LogP contribution < -0.4 is 166 Å². The van der Waals surface area contributed by atoms with E-state index >= 15 is 0 Å². The topological polar surface area (TPSA) is 182 Å². The van der Waals surface area contributed by atoms with Crippen molar-refractivity contribution in [2.75, 3.05) is 28.4 Å². The van der Waals surface area contributed by atoms with Crippen LogP contribution in [-0.2, 0) is 9.13 Å². The van der Waals surface area contributed by atoms with E-state index in [9.17, 15) is 28.7 Å². The summed E-state index contributed by atoms with van der Waals surface area (Å²) in [6.07, 6.45) is 2.72. The van der Waals surface area contributed by atoms with Gasteiger partial charge in [0, 0.05) is 5.56 Å². The van der Waals surface area contributed by atoms with Gasteiger partial charge in [-0.2, -0.15) is 0 Å². The van der Waals surface area contributed by atoms with E-state index in [1.54, 1.807) is 12.1 Å². The number of phosphoric acid groups is 2. The summed E-state index contributed by atoms with van der Waals surface area (Å²) in [6.45, 7) is 0. The Labute approximate surface area is 297 Å². The van der Waals surface area contributed by atoms with E-state index in [-0.39, 0.29) is 130 Å². The number of benzene rings is 2. The molecule has 0 bridgehead atoms. The van der Waals surface area contributed by atoms with Gasteiger partial charge in [0.05, 0.1) is 28.4 Å². The maximum atomic E-state index is 11.2. The molecule has 0 saturated heterocycles. The van der Waals surface area contributed by atoms with Crippen LogP contribution >= 0.6 is 15.6 Å². The summed E-state index contributed by atoms with van der Waals surface area (Å²) in [5.41, 5.74) is 0.365. The molecule has 0 fully saturated rings. The molecule has 0 atom stereocenters. The predicted molar refractivity (Wildman–Crippen MR) is 104 cm³/mol. The third kappa shape index (κ3) is 12.6. The van der Waals surface area contributed by atoms with E-state index in [1.807, 2.05) is 0 Å². The Morgan fingerprint density at radius 3 is 1.44 bits per heavy atom. The second kappa shape index (κ2) is 18.6. The van der Waals surface area contributed by atoms with Crippen LogP contribution in [-0.4, -0.2) is 28.4 Å². The van der Waals surface area contributed by atoms with Crippen LogP contribution in [0.1, 0.15) is 11.1 Å². The summed E-state index contributed by atoms with van der Waals surface area (Å²) in [5.74, 6) is -1.11. The molecule has 12 nitrogen and oxygen atoms in total. The van der Waals surface area contributed by atoms with Crippen LogP contribution in [0.5, 0.6) is 34.5 Å². The molecule has 0 heterocycles. The van der Waals surface area contributed by atoms with Gasteiger partial charge in [-0.25, -0.2) is 0 Å². The second-order valence-electron chi connectivity index (χ2n) is 5.88. The van der Waals surface area contributed by atoms with Crippen molar-refractivity contribution in [3.63, 3.8) is 0 Å². The van der Waals surface area contributed by atoms with Crippen molar-refractivity contribution in [2.45, 2.75) is 0 Å². The summed E-state index contributed by atoms with van der Waals surface area (Å²) in [4.78, 5) is 44.7. The van der Waals surface area contributed by atoms with Crippen LogP contribution in [0.4, 0.5) is 0 Å². The van der Waals surface area contributed by atoms with E-state index in [4.69, 9.17) is 18.9 Å². The van der Waals surface area contributed by atoms with Crippen LogP contribution in [0.2, 0.25) is 0 Å². The fourth-order valence-corrected chi connectivity index (χ4v) is 3.45. The van der Waals surface area contributed by atoms with Gasteiger partial charge in [0.1, 0.15) is 15.6 Å². The largest absolute Gasteiger partial charge is 1.00 e. The van der Waals surface area contributed by atoms with Crippen molar-refractivity contribution in [3.05, 3.63) is 35.4 Å². The predicted octanol–water partition coefficient (Wildman–Crippen LogP) is -11.7. The molecule has 2 rings (SSSR count). The first-order valence-corrected chi connectivity index (χ1v) is 11.5. The van der Waals surface area contributed by atoms with Gasteiger partial charge in [-0.05, 0) is 29.8 Å². The molecule has 0 radical (unpaired) electrons. The first kappa shape index (κ1) is 41.8. The van der Waals surface area contributed by atoms with Gasteiger partial charge in [-0.3, -0.25) is 0 Å². The molecule has 176 valence electrons. The van der Waals surface area contributed by atoms with Gasteiger partial charge >= 0.3 is 118 Å². The van der Waals surface area contributed by atoms with Crippen LogP contribution in [0, 0.1) is 0 Å². The van der Waals surface area contributed by atoms with E-state index in [0.717, 1.165) is 7.11 Å². The monoisotopic (exact) mass is 580 g/mol. The molecule has 0 aliphatic carbocycles. The van der Waals surface area contributed by atoms with E-state index in [1.165, 1.54) is 45.6 Å². The Morgan fingerprint density at radius 1 is 0.611 bits per heavy atom. The van der Waals surface area contributed by atoms with Gasteiger partial charge in [-0.1, -0.05) is 12.2 Å². The summed E-state index contributed by atoms with van der Waals surface area (Å²) < 4.78 is 51.7. The minimum absolute atomic E-state index is 0. The zero-order valence-electron chi connectivity index (χ0n) is 21.3. The van der Waals surface area contributed by atoms with Crippen molar-refractivity contribution >= 4 is 27.8 Å². The number of phosphoric ester groups is 2. The minimum Gasteiger partial charge on any atom is -0.780 e. The molecule has 18 heteroatoms. The average Bonchev–Trinajstić information content (AvgIpc) is 2.71. The number of rotatable bonds is 10. The van der Waals surface area contributed by atoms with Crippen LogP contribution in [0.15, 0.2) is 24.3 Å². The van der Waals surface area contributed by atoms with Crippen molar-refractivity contribution in [1.82, 2.24) is 0 Å². The summed E-state index contributed by atoms with van der Waals surface area (Å²) in [6, 6.07) is 5.57. The normalized spacial score (nSPS) is 10.6. The Balaban J connectivity index is -0.00000272. The molecular weight excluding hydrogens is 562 g/mol. The van der Waals surface area contributed by atoms with Crippen LogP contribution in [0.25, 0.3) is 12.2 Å². The number of ether oxygens (including phenoxy) is 4. The molecule has 0 spiro atoms. The number of hydrogen-bond donors (Lipinski definition) is 0. The average molecular weight is 580 g/mol. The smallest absolute Gasteiger partial charge is 0.780 e. The van der Waals surface area contributed by atoms with Crippen molar-refractivity contribution in [3.8, 4) is 34.5 Å². The van der Waals surface area contributed by atoms with Gasteiger partial charge in [0.15, 0.2) is 23.0 Å². The maximum absolute atomic E-state index is 11.2. The first-order chi connectivity index (χ1) is 14.9. The number of hydrogen-bond acceptors (Lipinski definition) is 12. The Bertz CT molecular complexity index is 1080. The third-order valence-electron chi connectivity index (χ3n) is 3.87. The minimum atomic E-state index is -5.69. The van der Waals surface area contributed by atoms with E-state index in [2.05, 4.69) is 9.05 Å². The quantitative estimate of drug-likeness (QED) is 0.147. The fraction of sp³-hybridized carbons (Fsp3) is 0.222. The molecular formula is C18H18Na4O12P2. The Kier molecular flexibility index (Phi) is 21.6. The van der Waals surface area contributed by atoms with Crippen molar-refractivity contribution < 1.29 is 175 Å². The summed E-state index contributed by atoms with van der Waals surface area (Å²) >= 11 is 0. The SMILES string of the molecule is COc1cc(/C=C\c2ccc(OC)c(OP(=O)([O-])[O-])c2OP(=O)([O-])[O-])cc(OC)c1OC.[Na+].[Na+].[Na+].[Na+].